The van der Waals surface area contributed by atoms with Gasteiger partial charge in [0.2, 0.25) is 0 Å². The van der Waals surface area contributed by atoms with Gasteiger partial charge in [0.1, 0.15) is 0 Å². The van der Waals surface area contributed by atoms with Crippen molar-refractivity contribution in [3.05, 3.63) is 0 Å². The van der Waals surface area contributed by atoms with Gasteiger partial charge in [-0.3, -0.25) is 0 Å². The van der Waals surface area contributed by atoms with Gasteiger partial charge in [-0.15, -0.1) is 0 Å². The van der Waals surface area contributed by atoms with Crippen LogP contribution in [-0.4, -0.2) is 22.4 Å². The Hall–Kier alpha value is -0.0800. The third-order valence-corrected chi connectivity index (χ3v) is 2.86. The van der Waals surface area contributed by atoms with Crippen molar-refractivity contribution in [1.82, 2.24) is 0 Å². The molecule has 1 rings (SSSR count). The van der Waals surface area contributed by atoms with Crippen LogP contribution in [0.4, 0.5) is 0 Å². The molecule has 0 aromatic rings. The first-order chi connectivity index (χ1) is 5.75. The molecule has 0 unspecified atom stereocenters. The van der Waals surface area contributed by atoms with Gasteiger partial charge in [0.05, 0.1) is 12.2 Å². The van der Waals surface area contributed by atoms with Gasteiger partial charge in [-0.05, 0) is 19.3 Å². The van der Waals surface area contributed by atoms with Crippen molar-refractivity contribution in [2.45, 2.75) is 57.7 Å². The molecule has 1 aliphatic carbocycles. The predicted octanol–water partition coefficient (Wildman–Crippen LogP) is 1.70. The Labute approximate surface area is 74.6 Å². The van der Waals surface area contributed by atoms with Crippen LogP contribution in [0.25, 0.3) is 0 Å². The topological polar surface area (TPSA) is 40.5 Å². The van der Waals surface area contributed by atoms with Gasteiger partial charge in [0, 0.05) is 5.92 Å². The first-order valence-corrected chi connectivity index (χ1v) is 5.11. The van der Waals surface area contributed by atoms with E-state index in [1.54, 1.807) is 0 Å². The Morgan fingerprint density at radius 3 is 2.58 bits per heavy atom. The van der Waals surface area contributed by atoms with Crippen LogP contribution >= 0.6 is 0 Å². The molecule has 72 valence electrons. The first kappa shape index (κ1) is 10.0. The van der Waals surface area contributed by atoms with E-state index in [2.05, 4.69) is 6.92 Å². The van der Waals surface area contributed by atoms with Crippen LogP contribution < -0.4 is 0 Å². The Balaban J connectivity index is 2.36. The Kier molecular flexibility index (Phi) is 4.02. The molecule has 1 saturated carbocycles. The van der Waals surface area contributed by atoms with Crippen LogP contribution in [0.15, 0.2) is 0 Å². The quantitative estimate of drug-likeness (QED) is 0.680. The standard InChI is InChI=1S/C10H20O2/c1-2-5-9(11)8-6-3-4-7-10(8)12/h8-12H,2-7H2,1H3/t8-,9-,10+/m0/s1. The second-order valence-corrected chi connectivity index (χ2v) is 3.87. The van der Waals surface area contributed by atoms with Crippen LogP contribution in [0, 0.1) is 5.92 Å². The fourth-order valence-electron chi connectivity index (χ4n) is 2.10. The van der Waals surface area contributed by atoms with Gasteiger partial charge < -0.3 is 10.2 Å². The highest BCUT2D eigenvalue weighted by Crippen LogP contribution is 2.28. The van der Waals surface area contributed by atoms with Gasteiger partial charge in [-0.2, -0.15) is 0 Å². The molecule has 0 amide bonds. The van der Waals surface area contributed by atoms with Crippen LogP contribution in [0.3, 0.4) is 0 Å². The number of rotatable bonds is 3. The fraction of sp³-hybridized carbons (Fsp3) is 1.00. The van der Waals surface area contributed by atoms with E-state index in [1.807, 2.05) is 0 Å². The molecular formula is C10H20O2. The van der Waals surface area contributed by atoms with E-state index in [9.17, 15) is 10.2 Å². The van der Waals surface area contributed by atoms with Gasteiger partial charge in [0.25, 0.3) is 0 Å². The van der Waals surface area contributed by atoms with Crippen LogP contribution in [0.5, 0.6) is 0 Å². The summed E-state index contributed by atoms with van der Waals surface area (Å²) in [4.78, 5) is 0. The van der Waals surface area contributed by atoms with E-state index in [0.717, 1.165) is 32.1 Å². The lowest BCUT2D eigenvalue weighted by Crippen LogP contribution is -2.34. The lowest BCUT2D eigenvalue weighted by Gasteiger charge is -2.31. The molecule has 12 heavy (non-hydrogen) atoms. The Morgan fingerprint density at radius 1 is 1.33 bits per heavy atom. The molecule has 1 aliphatic rings. The average molecular weight is 172 g/mol. The first-order valence-electron chi connectivity index (χ1n) is 5.11. The summed E-state index contributed by atoms with van der Waals surface area (Å²) in [6, 6.07) is 0. The largest absolute Gasteiger partial charge is 0.393 e. The lowest BCUT2D eigenvalue weighted by molar-refractivity contribution is -0.0156. The van der Waals surface area contributed by atoms with Gasteiger partial charge in [-0.25, -0.2) is 0 Å². The number of hydrogen-bond donors (Lipinski definition) is 2. The summed E-state index contributed by atoms with van der Waals surface area (Å²) in [6.45, 7) is 2.07. The zero-order valence-electron chi connectivity index (χ0n) is 7.87. The number of hydrogen-bond acceptors (Lipinski definition) is 2. The van der Waals surface area contributed by atoms with E-state index >= 15 is 0 Å². The van der Waals surface area contributed by atoms with Crippen molar-refractivity contribution in [1.29, 1.82) is 0 Å². The maximum absolute atomic E-state index is 9.68. The summed E-state index contributed by atoms with van der Waals surface area (Å²) < 4.78 is 0. The minimum Gasteiger partial charge on any atom is -0.393 e. The molecule has 0 saturated heterocycles. The summed E-state index contributed by atoms with van der Waals surface area (Å²) in [5.74, 6) is 0.152. The average Bonchev–Trinajstić information content (AvgIpc) is 2.05. The van der Waals surface area contributed by atoms with Crippen molar-refractivity contribution >= 4 is 0 Å². The highest BCUT2D eigenvalue weighted by molar-refractivity contribution is 4.79. The van der Waals surface area contributed by atoms with Crippen LogP contribution in [0.2, 0.25) is 0 Å². The highest BCUT2D eigenvalue weighted by Gasteiger charge is 2.28. The molecule has 2 nitrogen and oxygen atoms in total. The normalized spacial score (nSPS) is 33.2. The maximum atomic E-state index is 9.68. The smallest absolute Gasteiger partial charge is 0.0593 e. The molecule has 0 heterocycles. The maximum Gasteiger partial charge on any atom is 0.0593 e. The summed E-state index contributed by atoms with van der Waals surface area (Å²) in [5.41, 5.74) is 0. The molecule has 3 atom stereocenters. The van der Waals surface area contributed by atoms with Crippen molar-refractivity contribution in [2.75, 3.05) is 0 Å². The van der Waals surface area contributed by atoms with E-state index in [4.69, 9.17) is 0 Å². The second-order valence-electron chi connectivity index (χ2n) is 3.87. The molecule has 0 bridgehead atoms. The van der Waals surface area contributed by atoms with Crippen LogP contribution in [-0.2, 0) is 0 Å². The van der Waals surface area contributed by atoms with Crippen molar-refractivity contribution in [2.24, 2.45) is 5.92 Å². The third kappa shape index (κ3) is 2.46. The molecule has 1 fully saturated rings. The number of aliphatic hydroxyl groups excluding tert-OH is 2. The molecule has 0 aromatic carbocycles. The fourth-order valence-corrected chi connectivity index (χ4v) is 2.10. The Bertz CT molecular complexity index is 125. The van der Waals surface area contributed by atoms with Crippen molar-refractivity contribution in [3.8, 4) is 0 Å². The molecule has 2 heteroatoms. The summed E-state index contributed by atoms with van der Waals surface area (Å²) in [5, 5.41) is 19.3. The lowest BCUT2D eigenvalue weighted by atomic mass is 9.81. The van der Waals surface area contributed by atoms with Crippen molar-refractivity contribution in [3.63, 3.8) is 0 Å². The number of aliphatic hydroxyl groups is 2. The summed E-state index contributed by atoms with van der Waals surface area (Å²) in [7, 11) is 0. The monoisotopic (exact) mass is 172 g/mol. The van der Waals surface area contributed by atoms with Crippen molar-refractivity contribution < 1.29 is 10.2 Å². The molecule has 2 N–H and O–H groups in total. The van der Waals surface area contributed by atoms with Gasteiger partial charge >= 0.3 is 0 Å². The summed E-state index contributed by atoms with van der Waals surface area (Å²) >= 11 is 0. The minimum atomic E-state index is -0.273. The van der Waals surface area contributed by atoms with Crippen LogP contribution in [0.1, 0.15) is 45.4 Å². The van der Waals surface area contributed by atoms with Gasteiger partial charge in [-0.1, -0.05) is 26.2 Å². The van der Waals surface area contributed by atoms with E-state index in [-0.39, 0.29) is 18.1 Å². The SMILES string of the molecule is CCC[C@H](O)[C@@H]1CCCC[C@H]1O. The zero-order chi connectivity index (χ0) is 8.97. The molecule has 0 aromatic heterocycles. The molecular weight excluding hydrogens is 152 g/mol. The predicted molar refractivity (Wildman–Crippen MR) is 48.9 cm³/mol. The van der Waals surface area contributed by atoms with E-state index < -0.39 is 0 Å². The summed E-state index contributed by atoms with van der Waals surface area (Å²) in [6.07, 6.45) is 5.49. The minimum absolute atomic E-state index is 0.152. The molecule has 0 aliphatic heterocycles. The second kappa shape index (κ2) is 4.83. The molecule has 0 spiro atoms. The Morgan fingerprint density at radius 2 is 2.00 bits per heavy atom. The van der Waals surface area contributed by atoms with Gasteiger partial charge in [0.15, 0.2) is 0 Å². The molecule has 0 radical (unpaired) electrons. The zero-order valence-corrected chi connectivity index (χ0v) is 7.87. The highest BCUT2D eigenvalue weighted by atomic mass is 16.3. The van der Waals surface area contributed by atoms with E-state index in [1.165, 1.54) is 6.42 Å². The van der Waals surface area contributed by atoms with E-state index in [0.29, 0.717) is 0 Å². The third-order valence-electron chi connectivity index (χ3n) is 2.86.